The summed E-state index contributed by atoms with van der Waals surface area (Å²) in [7, 11) is 0. The second-order valence-corrected chi connectivity index (χ2v) is 5.28. The summed E-state index contributed by atoms with van der Waals surface area (Å²) in [6, 6.07) is 7.16. The summed E-state index contributed by atoms with van der Waals surface area (Å²) in [5.41, 5.74) is 0.471. The molecule has 22 heavy (non-hydrogen) atoms. The van der Waals surface area contributed by atoms with E-state index in [4.69, 9.17) is 4.74 Å². The molecular formula is C16H18N4O2. The molecule has 3 rings (SSSR count). The molecule has 114 valence electrons. The number of hydrogen-bond donors (Lipinski definition) is 0. The zero-order chi connectivity index (χ0) is 15.2. The zero-order valence-corrected chi connectivity index (χ0v) is 12.3. The molecular weight excluding hydrogens is 280 g/mol. The van der Waals surface area contributed by atoms with E-state index in [1.54, 1.807) is 36.8 Å². The average Bonchev–Trinajstić information content (AvgIpc) is 2.81. The Labute approximate surface area is 129 Å². The Hall–Kier alpha value is -2.34. The van der Waals surface area contributed by atoms with Gasteiger partial charge in [-0.15, -0.1) is 0 Å². The lowest BCUT2D eigenvalue weighted by atomic mass is 10.1. The summed E-state index contributed by atoms with van der Waals surface area (Å²) in [6.45, 7) is 2.38. The van der Waals surface area contributed by atoms with Crippen LogP contribution in [0.1, 0.15) is 16.3 Å². The highest BCUT2D eigenvalue weighted by Gasteiger charge is 2.24. The van der Waals surface area contributed by atoms with Crippen LogP contribution < -0.4 is 0 Å². The molecule has 0 radical (unpaired) electrons. The van der Waals surface area contributed by atoms with Gasteiger partial charge in [-0.1, -0.05) is 6.07 Å². The van der Waals surface area contributed by atoms with Gasteiger partial charge in [0, 0.05) is 44.0 Å². The summed E-state index contributed by atoms with van der Waals surface area (Å²) >= 11 is 0. The van der Waals surface area contributed by atoms with Crippen molar-refractivity contribution in [3.8, 4) is 0 Å². The first-order valence-electron chi connectivity index (χ1n) is 7.37. The molecule has 0 N–H and O–H groups in total. The molecule has 0 aromatic carbocycles. The van der Waals surface area contributed by atoms with Crippen molar-refractivity contribution >= 4 is 5.91 Å². The second kappa shape index (κ2) is 7.09. The van der Waals surface area contributed by atoms with Crippen molar-refractivity contribution < 1.29 is 9.53 Å². The summed E-state index contributed by atoms with van der Waals surface area (Å²) in [6.07, 6.45) is 5.80. The number of ether oxygens (including phenoxy) is 1. The Morgan fingerprint density at radius 2 is 2.00 bits per heavy atom. The fraction of sp³-hybridized carbons (Fsp3) is 0.375. The van der Waals surface area contributed by atoms with E-state index < -0.39 is 0 Å². The van der Waals surface area contributed by atoms with Crippen molar-refractivity contribution in [2.75, 3.05) is 26.3 Å². The lowest BCUT2D eigenvalue weighted by molar-refractivity contribution is 0.0731. The Kier molecular flexibility index (Phi) is 4.70. The molecule has 6 nitrogen and oxygen atoms in total. The first-order valence-corrected chi connectivity index (χ1v) is 7.37. The van der Waals surface area contributed by atoms with E-state index in [0.717, 1.165) is 5.82 Å². The smallest absolute Gasteiger partial charge is 0.272 e. The number of carbonyl (C=O) groups is 1. The van der Waals surface area contributed by atoms with E-state index >= 15 is 0 Å². The molecule has 0 unspecified atom stereocenters. The van der Waals surface area contributed by atoms with Crippen molar-refractivity contribution in [3.05, 3.63) is 54.4 Å². The van der Waals surface area contributed by atoms with Crippen LogP contribution in [0.3, 0.4) is 0 Å². The minimum absolute atomic E-state index is 0.0509. The molecule has 0 bridgehead atoms. The molecule has 1 aliphatic rings. The van der Waals surface area contributed by atoms with Gasteiger partial charge in [-0.2, -0.15) is 0 Å². The predicted octanol–water partition coefficient (Wildman–Crippen LogP) is 1.20. The van der Waals surface area contributed by atoms with Gasteiger partial charge in [-0.25, -0.2) is 9.97 Å². The van der Waals surface area contributed by atoms with Crippen molar-refractivity contribution in [1.82, 2.24) is 19.9 Å². The van der Waals surface area contributed by atoms with Crippen molar-refractivity contribution in [3.63, 3.8) is 0 Å². The number of amides is 1. The van der Waals surface area contributed by atoms with Crippen LogP contribution in [-0.4, -0.2) is 52.1 Å². The van der Waals surface area contributed by atoms with Gasteiger partial charge in [0.15, 0.2) is 0 Å². The Morgan fingerprint density at radius 1 is 1.18 bits per heavy atom. The molecule has 1 fully saturated rings. The number of aromatic nitrogens is 3. The maximum Gasteiger partial charge on any atom is 0.272 e. The van der Waals surface area contributed by atoms with Crippen molar-refractivity contribution in [2.24, 2.45) is 5.92 Å². The van der Waals surface area contributed by atoms with Crippen LogP contribution in [0.25, 0.3) is 0 Å². The minimum atomic E-state index is -0.0509. The third-order valence-corrected chi connectivity index (χ3v) is 3.60. The maximum atomic E-state index is 12.5. The van der Waals surface area contributed by atoms with Crippen LogP contribution in [0.4, 0.5) is 0 Å². The van der Waals surface area contributed by atoms with Gasteiger partial charge in [0.1, 0.15) is 11.5 Å². The van der Waals surface area contributed by atoms with Crippen LogP contribution in [0.5, 0.6) is 0 Å². The van der Waals surface area contributed by atoms with Crippen molar-refractivity contribution in [1.29, 1.82) is 0 Å². The first kappa shape index (κ1) is 14.6. The fourth-order valence-electron chi connectivity index (χ4n) is 2.53. The van der Waals surface area contributed by atoms with Crippen LogP contribution in [0, 0.1) is 5.92 Å². The minimum Gasteiger partial charge on any atom is -0.379 e. The number of carbonyl (C=O) groups excluding carboxylic acids is 1. The highest BCUT2D eigenvalue weighted by atomic mass is 16.5. The normalized spacial score (nSPS) is 18.7. The molecule has 0 aliphatic carbocycles. The largest absolute Gasteiger partial charge is 0.379 e. The summed E-state index contributed by atoms with van der Waals surface area (Å²) in [5, 5.41) is 0. The molecule has 1 saturated heterocycles. The quantitative estimate of drug-likeness (QED) is 0.852. The van der Waals surface area contributed by atoms with Gasteiger partial charge in [-0.3, -0.25) is 9.78 Å². The SMILES string of the molecule is O=C(c1ccccn1)N1CCOC[C@H](Cc2ncccn2)C1. The van der Waals surface area contributed by atoms with E-state index in [1.165, 1.54) is 0 Å². The standard InChI is InChI=1S/C16H18N4O2/c21-16(14-4-1-2-5-17-14)20-8-9-22-12-13(11-20)10-15-18-6-3-7-19-15/h1-7,13H,8-12H2/t13-/m1/s1. The van der Waals surface area contributed by atoms with E-state index in [-0.39, 0.29) is 11.8 Å². The van der Waals surface area contributed by atoms with Crippen LogP contribution in [0.15, 0.2) is 42.9 Å². The molecule has 3 heterocycles. The average molecular weight is 298 g/mol. The van der Waals surface area contributed by atoms with Crippen LogP contribution in [-0.2, 0) is 11.2 Å². The van der Waals surface area contributed by atoms with E-state index in [2.05, 4.69) is 15.0 Å². The van der Waals surface area contributed by atoms with Gasteiger partial charge >= 0.3 is 0 Å². The van der Waals surface area contributed by atoms with Gasteiger partial charge in [0.25, 0.3) is 5.91 Å². The number of rotatable bonds is 3. The van der Waals surface area contributed by atoms with E-state index in [1.807, 2.05) is 11.0 Å². The third kappa shape index (κ3) is 3.65. The highest BCUT2D eigenvalue weighted by Crippen LogP contribution is 2.13. The van der Waals surface area contributed by atoms with Gasteiger partial charge in [0.05, 0.1) is 13.2 Å². The number of hydrogen-bond acceptors (Lipinski definition) is 5. The monoisotopic (exact) mass is 298 g/mol. The van der Waals surface area contributed by atoms with E-state index in [9.17, 15) is 4.79 Å². The Morgan fingerprint density at radius 3 is 2.77 bits per heavy atom. The molecule has 1 atom stereocenters. The summed E-state index contributed by atoms with van der Waals surface area (Å²) in [5.74, 6) is 0.922. The fourth-order valence-corrected chi connectivity index (χ4v) is 2.53. The maximum absolute atomic E-state index is 12.5. The number of nitrogens with zero attached hydrogens (tertiary/aromatic N) is 4. The topological polar surface area (TPSA) is 68.2 Å². The first-order chi connectivity index (χ1) is 10.8. The molecule has 0 spiro atoms. The lowest BCUT2D eigenvalue weighted by Gasteiger charge is -2.22. The summed E-state index contributed by atoms with van der Waals surface area (Å²) < 4.78 is 5.63. The van der Waals surface area contributed by atoms with Crippen molar-refractivity contribution in [2.45, 2.75) is 6.42 Å². The molecule has 1 amide bonds. The molecule has 1 aliphatic heterocycles. The van der Waals surface area contributed by atoms with Crippen LogP contribution >= 0.6 is 0 Å². The summed E-state index contributed by atoms with van der Waals surface area (Å²) in [4.78, 5) is 27.0. The zero-order valence-electron chi connectivity index (χ0n) is 12.3. The van der Waals surface area contributed by atoms with E-state index in [0.29, 0.717) is 38.4 Å². The second-order valence-electron chi connectivity index (χ2n) is 5.28. The molecule has 2 aromatic rings. The molecule has 6 heteroatoms. The lowest BCUT2D eigenvalue weighted by Crippen LogP contribution is -2.37. The third-order valence-electron chi connectivity index (χ3n) is 3.60. The molecule has 2 aromatic heterocycles. The van der Waals surface area contributed by atoms with Crippen LogP contribution in [0.2, 0.25) is 0 Å². The number of pyridine rings is 1. The highest BCUT2D eigenvalue weighted by molar-refractivity contribution is 5.92. The van der Waals surface area contributed by atoms with Gasteiger partial charge in [0.2, 0.25) is 0 Å². The van der Waals surface area contributed by atoms with Gasteiger partial charge in [-0.05, 0) is 18.2 Å². The predicted molar refractivity (Wildman–Crippen MR) is 80.2 cm³/mol. The Bertz CT molecular complexity index is 606. The Balaban J connectivity index is 1.69. The molecule has 0 saturated carbocycles. The van der Waals surface area contributed by atoms with Gasteiger partial charge < -0.3 is 9.64 Å².